The maximum absolute atomic E-state index is 13.9. The Morgan fingerprint density at radius 2 is 1.89 bits per heavy atom. The molecule has 2 aliphatic rings. The third-order valence-electron chi connectivity index (χ3n) is 7.26. The van der Waals surface area contributed by atoms with Crippen LogP contribution in [0.1, 0.15) is 36.9 Å². The van der Waals surface area contributed by atoms with Crippen LogP contribution in [0.15, 0.2) is 29.5 Å². The third-order valence-corrected chi connectivity index (χ3v) is 7.26. The Bertz CT molecular complexity index is 1560. The minimum absolute atomic E-state index is 0.119. The van der Waals surface area contributed by atoms with Crippen molar-refractivity contribution in [1.82, 2.24) is 34.2 Å². The number of anilines is 1. The number of hydrogen-bond acceptors (Lipinski definition) is 8. The highest BCUT2D eigenvalue weighted by Crippen LogP contribution is 2.31. The van der Waals surface area contributed by atoms with E-state index in [0.717, 1.165) is 41.4 Å². The molecule has 1 amide bonds. The van der Waals surface area contributed by atoms with Crippen LogP contribution in [-0.4, -0.2) is 78.2 Å². The highest BCUT2D eigenvalue weighted by Gasteiger charge is 2.26. The van der Waals surface area contributed by atoms with Gasteiger partial charge in [-0.25, -0.2) is 24.4 Å². The van der Waals surface area contributed by atoms with E-state index in [1.807, 2.05) is 28.6 Å². The molecule has 0 bridgehead atoms. The minimum atomic E-state index is -0.938. The van der Waals surface area contributed by atoms with Gasteiger partial charge in [-0.05, 0) is 44.7 Å². The maximum atomic E-state index is 13.9. The molecule has 4 aromatic rings. The average molecular weight is 505 g/mol. The number of piperazine rings is 1. The number of fused-ring (bicyclic) bond motifs is 2. The van der Waals surface area contributed by atoms with Gasteiger partial charge in [-0.15, -0.1) is 0 Å². The van der Waals surface area contributed by atoms with Crippen molar-refractivity contribution in [1.29, 1.82) is 0 Å². The highest BCUT2D eigenvalue weighted by atomic mass is 16.5. The van der Waals surface area contributed by atoms with Gasteiger partial charge in [0.2, 0.25) is 0 Å². The van der Waals surface area contributed by atoms with Crippen LogP contribution in [0.3, 0.4) is 0 Å². The molecule has 1 atom stereocenters. The first-order valence-corrected chi connectivity index (χ1v) is 12.5. The van der Waals surface area contributed by atoms with Crippen LogP contribution in [0.25, 0.3) is 27.6 Å². The molecular weight excluding hydrogens is 476 g/mol. The van der Waals surface area contributed by atoms with Crippen molar-refractivity contribution in [3.8, 4) is 5.69 Å². The molecule has 192 valence electrons. The third kappa shape index (κ3) is 3.88. The average Bonchev–Trinajstić information content (AvgIpc) is 3.34. The molecule has 1 N–H and O–H groups in total. The van der Waals surface area contributed by atoms with Crippen molar-refractivity contribution >= 4 is 33.8 Å². The normalized spacial score (nSPS) is 18.6. The fourth-order valence-corrected chi connectivity index (χ4v) is 5.36. The van der Waals surface area contributed by atoms with Crippen LogP contribution < -0.4 is 10.5 Å². The molecule has 0 spiro atoms. The van der Waals surface area contributed by atoms with Crippen LogP contribution in [0.4, 0.5) is 10.6 Å². The first kappa shape index (κ1) is 23.3. The van der Waals surface area contributed by atoms with Gasteiger partial charge in [-0.3, -0.25) is 9.36 Å². The number of carbonyl (C=O) groups is 1. The van der Waals surface area contributed by atoms with E-state index in [2.05, 4.69) is 15.1 Å². The molecule has 0 saturated carbocycles. The van der Waals surface area contributed by atoms with E-state index in [1.165, 1.54) is 11.2 Å². The van der Waals surface area contributed by atoms with E-state index in [1.54, 1.807) is 17.7 Å². The van der Waals surface area contributed by atoms with Crippen molar-refractivity contribution < 1.29 is 14.6 Å². The number of rotatable bonds is 3. The van der Waals surface area contributed by atoms with Crippen molar-refractivity contribution in [2.75, 3.05) is 37.7 Å². The Kier molecular flexibility index (Phi) is 5.75. The van der Waals surface area contributed by atoms with Gasteiger partial charge in [-0.1, -0.05) is 6.07 Å². The van der Waals surface area contributed by atoms with E-state index >= 15 is 0 Å². The van der Waals surface area contributed by atoms with E-state index in [9.17, 15) is 14.7 Å². The fourth-order valence-electron chi connectivity index (χ4n) is 5.36. The van der Waals surface area contributed by atoms with Gasteiger partial charge < -0.3 is 19.6 Å². The Morgan fingerprint density at radius 3 is 2.62 bits per heavy atom. The fraction of sp³-hybridized carbons (Fsp3) is 0.440. The Morgan fingerprint density at radius 1 is 1.08 bits per heavy atom. The number of benzene rings is 1. The summed E-state index contributed by atoms with van der Waals surface area (Å²) in [7, 11) is 0. The van der Waals surface area contributed by atoms with E-state index in [0.29, 0.717) is 49.9 Å². The number of ether oxygens (including phenoxy) is 1. The first-order chi connectivity index (χ1) is 17.9. The van der Waals surface area contributed by atoms with Gasteiger partial charge >= 0.3 is 6.09 Å². The summed E-state index contributed by atoms with van der Waals surface area (Å²) in [5, 5.41) is 14.8. The minimum Gasteiger partial charge on any atom is -0.465 e. The van der Waals surface area contributed by atoms with Gasteiger partial charge in [0.15, 0.2) is 17.6 Å². The van der Waals surface area contributed by atoms with Crippen LogP contribution >= 0.6 is 0 Å². The standard InChI is InChI=1S/C25H28N8O4/c1-15-6-7-18-17(13-28-33(18)19-5-3-4-12-37-19)22(15)32-16(2)29-20-21(24(32)34)26-14-27-23(20)30-8-10-31(11-9-30)25(35)36/h6-7,13-14,19H,3-5,8-12H2,1-2H3,(H,35,36). The molecule has 12 nitrogen and oxygen atoms in total. The molecule has 37 heavy (non-hydrogen) atoms. The molecule has 12 heteroatoms. The number of nitrogens with zero attached hydrogens (tertiary/aromatic N) is 8. The van der Waals surface area contributed by atoms with Gasteiger partial charge in [0.25, 0.3) is 5.56 Å². The molecule has 1 aromatic carbocycles. The molecule has 2 aliphatic heterocycles. The van der Waals surface area contributed by atoms with Crippen molar-refractivity contribution in [2.45, 2.75) is 39.3 Å². The summed E-state index contributed by atoms with van der Waals surface area (Å²) in [6.45, 7) is 6.11. The number of carboxylic acid groups (broad SMARTS) is 1. The van der Waals surface area contributed by atoms with Gasteiger partial charge in [-0.2, -0.15) is 5.10 Å². The number of aromatic nitrogens is 6. The molecule has 6 rings (SSSR count). The second-order valence-corrected chi connectivity index (χ2v) is 9.52. The summed E-state index contributed by atoms with van der Waals surface area (Å²) in [6, 6.07) is 4.01. The number of aryl methyl sites for hydroxylation is 2. The van der Waals surface area contributed by atoms with Gasteiger partial charge in [0, 0.05) is 38.2 Å². The van der Waals surface area contributed by atoms with E-state index in [4.69, 9.17) is 9.72 Å². The van der Waals surface area contributed by atoms with Crippen LogP contribution in [-0.2, 0) is 4.74 Å². The summed E-state index contributed by atoms with van der Waals surface area (Å²) < 4.78 is 9.47. The van der Waals surface area contributed by atoms with Gasteiger partial charge in [0.1, 0.15) is 17.7 Å². The SMILES string of the molecule is Cc1ccc2c(cnn2C2CCCCO2)c1-n1c(C)nc2c(N3CCN(C(=O)O)CC3)ncnc2c1=O. The lowest BCUT2D eigenvalue weighted by Crippen LogP contribution is -2.48. The largest absolute Gasteiger partial charge is 0.465 e. The Labute approximate surface area is 212 Å². The Balaban J connectivity index is 1.46. The van der Waals surface area contributed by atoms with Crippen LogP contribution in [0, 0.1) is 13.8 Å². The molecule has 0 aliphatic carbocycles. The second-order valence-electron chi connectivity index (χ2n) is 9.52. The first-order valence-electron chi connectivity index (χ1n) is 12.5. The zero-order valence-corrected chi connectivity index (χ0v) is 20.8. The summed E-state index contributed by atoms with van der Waals surface area (Å²) >= 11 is 0. The van der Waals surface area contributed by atoms with Crippen LogP contribution in [0.5, 0.6) is 0 Å². The lowest BCUT2D eigenvalue weighted by atomic mass is 10.1. The van der Waals surface area contributed by atoms with Gasteiger partial charge in [0.05, 0.1) is 17.4 Å². The summed E-state index contributed by atoms with van der Waals surface area (Å²) in [5.74, 6) is 1.05. The molecule has 1 unspecified atom stereocenters. The number of amides is 1. The quantitative estimate of drug-likeness (QED) is 0.447. The molecule has 5 heterocycles. The van der Waals surface area contributed by atoms with E-state index in [-0.39, 0.29) is 17.3 Å². The lowest BCUT2D eigenvalue weighted by Gasteiger charge is -2.34. The molecule has 2 fully saturated rings. The summed E-state index contributed by atoms with van der Waals surface area (Å²) in [5.41, 5.74) is 2.90. The lowest BCUT2D eigenvalue weighted by molar-refractivity contribution is -0.0366. The molecule has 0 radical (unpaired) electrons. The van der Waals surface area contributed by atoms with Crippen molar-refractivity contribution in [2.24, 2.45) is 0 Å². The molecule has 2 saturated heterocycles. The molecular formula is C25H28N8O4. The smallest absolute Gasteiger partial charge is 0.407 e. The van der Waals surface area contributed by atoms with E-state index < -0.39 is 6.09 Å². The Hall–Kier alpha value is -4.06. The summed E-state index contributed by atoms with van der Waals surface area (Å²) in [6.07, 6.45) is 5.14. The number of hydrogen-bond donors (Lipinski definition) is 1. The van der Waals surface area contributed by atoms with Crippen molar-refractivity contribution in [3.63, 3.8) is 0 Å². The second kappa shape index (κ2) is 9.11. The zero-order chi connectivity index (χ0) is 25.7. The highest BCUT2D eigenvalue weighted by molar-refractivity contribution is 5.90. The topological polar surface area (TPSA) is 132 Å². The predicted octanol–water partition coefficient (Wildman–Crippen LogP) is 2.64. The summed E-state index contributed by atoms with van der Waals surface area (Å²) in [4.78, 5) is 42.1. The predicted molar refractivity (Wildman–Crippen MR) is 136 cm³/mol. The van der Waals surface area contributed by atoms with Crippen LogP contribution in [0.2, 0.25) is 0 Å². The molecule has 3 aromatic heterocycles. The zero-order valence-electron chi connectivity index (χ0n) is 20.8. The maximum Gasteiger partial charge on any atom is 0.407 e. The monoisotopic (exact) mass is 504 g/mol. The van der Waals surface area contributed by atoms with Crippen molar-refractivity contribution in [3.05, 3.63) is 46.4 Å².